The van der Waals surface area contributed by atoms with Crippen molar-refractivity contribution in [3.63, 3.8) is 0 Å². The molecule has 0 atom stereocenters. The number of nitrogens with one attached hydrogen (secondary N) is 1. The largest absolute Gasteiger partial charge is 0.470 e. The van der Waals surface area contributed by atoms with Gasteiger partial charge in [0.1, 0.15) is 0 Å². The Hall–Kier alpha value is -0.770. The summed E-state index contributed by atoms with van der Waals surface area (Å²) < 4.78 is 16.4. The topological polar surface area (TPSA) is 41.5 Å². The van der Waals surface area contributed by atoms with Gasteiger partial charge in [-0.15, -0.1) is 0 Å². The zero-order valence-corrected chi connectivity index (χ0v) is 5.22. The summed E-state index contributed by atoms with van der Waals surface area (Å²) in [6.45, 7) is 2.18. The molecule has 0 unspecified atom stereocenters. The molecular formula is C5H10FNO2. The van der Waals surface area contributed by atoms with Gasteiger partial charge in [-0.2, -0.15) is 4.39 Å². The summed E-state index contributed by atoms with van der Waals surface area (Å²) in [5.74, 6) is 0. The van der Waals surface area contributed by atoms with E-state index < -0.39 is 6.01 Å². The lowest BCUT2D eigenvalue weighted by molar-refractivity contribution is 0.130. The highest BCUT2D eigenvalue weighted by molar-refractivity contribution is 4.75. The fraction of sp³-hybridized carbons (Fsp3) is 0.600. The molecule has 0 aromatic rings. The SMILES string of the molecule is CCCO/C(F)=C\NO. The van der Waals surface area contributed by atoms with Crippen LogP contribution in [0.15, 0.2) is 12.2 Å². The van der Waals surface area contributed by atoms with E-state index in [4.69, 9.17) is 5.21 Å². The lowest BCUT2D eigenvalue weighted by Crippen LogP contribution is -1.98. The third-order valence-corrected chi connectivity index (χ3v) is 0.622. The second kappa shape index (κ2) is 5.37. The van der Waals surface area contributed by atoms with Crippen LogP contribution < -0.4 is 5.48 Å². The number of ether oxygens (including phenoxy) is 1. The maximum absolute atomic E-state index is 12.0. The van der Waals surface area contributed by atoms with E-state index >= 15 is 0 Å². The van der Waals surface area contributed by atoms with Gasteiger partial charge in [-0.05, 0) is 6.42 Å². The van der Waals surface area contributed by atoms with Crippen LogP contribution in [0.4, 0.5) is 4.39 Å². The van der Waals surface area contributed by atoms with E-state index in [9.17, 15) is 4.39 Å². The first-order chi connectivity index (χ1) is 4.31. The van der Waals surface area contributed by atoms with Crippen LogP contribution in [0, 0.1) is 0 Å². The second-order valence-electron chi connectivity index (χ2n) is 1.43. The van der Waals surface area contributed by atoms with Gasteiger partial charge >= 0.3 is 0 Å². The monoisotopic (exact) mass is 135 g/mol. The van der Waals surface area contributed by atoms with Gasteiger partial charge in [0, 0.05) is 0 Å². The molecule has 0 amide bonds. The minimum Gasteiger partial charge on any atom is -0.470 e. The van der Waals surface area contributed by atoms with Crippen molar-refractivity contribution in [2.24, 2.45) is 0 Å². The quantitative estimate of drug-likeness (QED) is 0.449. The van der Waals surface area contributed by atoms with E-state index in [0.717, 1.165) is 12.6 Å². The van der Waals surface area contributed by atoms with E-state index in [1.54, 1.807) is 0 Å². The van der Waals surface area contributed by atoms with Gasteiger partial charge in [0.25, 0.3) is 6.01 Å². The summed E-state index contributed by atoms with van der Waals surface area (Å²) in [7, 11) is 0. The van der Waals surface area contributed by atoms with E-state index in [2.05, 4.69) is 4.74 Å². The first-order valence-electron chi connectivity index (χ1n) is 2.69. The van der Waals surface area contributed by atoms with E-state index in [1.807, 2.05) is 6.92 Å². The summed E-state index contributed by atoms with van der Waals surface area (Å²) in [5.41, 5.74) is 1.51. The number of halogens is 1. The fourth-order valence-corrected chi connectivity index (χ4v) is 0.292. The van der Waals surface area contributed by atoms with Crippen LogP contribution >= 0.6 is 0 Å². The Labute approximate surface area is 53.1 Å². The maximum Gasteiger partial charge on any atom is 0.291 e. The van der Waals surface area contributed by atoms with Crippen LogP contribution in [-0.4, -0.2) is 11.8 Å². The highest BCUT2D eigenvalue weighted by Crippen LogP contribution is 1.96. The Bertz CT molecular complexity index is 95.0. The predicted octanol–water partition coefficient (Wildman–Crippen LogP) is 1.16. The molecule has 0 aromatic heterocycles. The van der Waals surface area contributed by atoms with Crippen LogP contribution in [0.2, 0.25) is 0 Å². The van der Waals surface area contributed by atoms with E-state index in [1.165, 1.54) is 5.48 Å². The minimum absolute atomic E-state index is 0.323. The third kappa shape index (κ3) is 5.10. The van der Waals surface area contributed by atoms with Gasteiger partial charge in [-0.3, -0.25) is 10.7 Å². The maximum atomic E-state index is 12.0. The Morgan fingerprint density at radius 1 is 1.89 bits per heavy atom. The molecule has 0 rings (SSSR count). The van der Waals surface area contributed by atoms with Crippen LogP contribution in [-0.2, 0) is 4.74 Å². The van der Waals surface area contributed by atoms with Gasteiger partial charge in [0.05, 0.1) is 12.8 Å². The smallest absolute Gasteiger partial charge is 0.291 e. The summed E-state index contributed by atoms with van der Waals surface area (Å²) in [6.07, 6.45) is 1.47. The van der Waals surface area contributed by atoms with Crippen LogP contribution in [0.25, 0.3) is 0 Å². The minimum atomic E-state index is -0.806. The van der Waals surface area contributed by atoms with Gasteiger partial charge < -0.3 is 4.74 Å². The molecule has 0 saturated heterocycles. The van der Waals surface area contributed by atoms with Crippen LogP contribution in [0.1, 0.15) is 13.3 Å². The highest BCUT2D eigenvalue weighted by atomic mass is 19.1. The number of hydroxylamine groups is 1. The Morgan fingerprint density at radius 3 is 3.00 bits per heavy atom. The number of hydrogen-bond donors (Lipinski definition) is 2. The van der Waals surface area contributed by atoms with Crippen molar-refractivity contribution in [2.75, 3.05) is 6.61 Å². The van der Waals surface area contributed by atoms with Crippen LogP contribution in [0.3, 0.4) is 0 Å². The molecule has 54 valence electrons. The molecule has 0 aromatic carbocycles. The molecule has 0 radical (unpaired) electrons. The number of hydrogen-bond acceptors (Lipinski definition) is 3. The molecule has 0 aliphatic carbocycles. The van der Waals surface area contributed by atoms with E-state index in [-0.39, 0.29) is 0 Å². The molecule has 2 N–H and O–H groups in total. The van der Waals surface area contributed by atoms with Crippen molar-refractivity contribution in [2.45, 2.75) is 13.3 Å². The summed E-state index contributed by atoms with van der Waals surface area (Å²) in [5, 5.41) is 7.89. The molecular weight excluding hydrogens is 125 g/mol. The van der Waals surface area contributed by atoms with Crippen LogP contribution in [0.5, 0.6) is 0 Å². The molecule has 4 heteroatoms. The van der Waals surface area contributed by atoms with Crippen molar-refractivity contribution < 1.29 is 14.3 Å². The normalized spacial score (nSPS) is 11.2. The standard InChI is InChI=1S/C5H10FNO2/c1-2-3-9-5(6)4-7-8/h4,7-8H,2-3H2,1H3/b5-4-. The molecule has 3 nitrogen and oxygen atoms in total. The lowest BCUT2D eigenvalue weighted by Gasteiger charge is -1.98. The van der Waals surface area contributed by atoms with Crippen molar-refractivity contribution in [1.29, 1.82) is 0 Å². The average molecular weight is 135 g/mol. The zero-order valence-electron chi connectivity index (χ0n) is 5.22. The lowest BCUT2D eigenvalue weighted by atomic mass is 10.5. The Kier molecular flexibility index (Phi) is 4.91. The molecule has 0 saturated carbocycles. The molecule has 0 aliphatic heterocycles. The van der Waals surface area contributed by atoms with Gasteiger partial charge in [-0.25, -0.2) is 0 Å². The fourth-order valence-electron chi connectivity index (χ4n) is 0.292. The Morgan fingerprint density at radius 2 is 2.56 bits per heavy atom. The first kappa shape index (κ1) is 8.23. The van der Waals surface area contributed by atoms with Crippen molar-refractivity contribution in [3.8, 4) is 0 Å². The summed E-state index contributed by atoms with van der Waals surface area (Å²) in [4.78, 5) is 0. The highest BCUT2D eigenvalue weighted by Gasteiger charge is 1.89. The molecule has 0 fully saturated rings. The zero-order chi connectivity index (χ0) is 7.11. The van der Waals surface area contributed by atoms with E-state index in [0.29, 0.717) is 6.61 Å². The van der Waals surface area contributed by atoms with Gasteiger partial charge in [-0.1, -0.05) is 6.92 Å². The van der Waals surface area contributed by atoms with Crippen molar-refractivity contribution in [1.82, 2.24) is 5.48 Å². The molecule has 0 spiro atoms. The molecule has 9 heavy (non-hydrogen) atoms. The average Bonchev–Trinajstić information content (AvgIpc) is 1.85. The summed E-state index contributed by atoms with van der Waals surface area (Å²) in [6, 6.07) is -0.806. The second-order valence-corrected chi connectivity index (χ2v) is 1.43. The summed E-state index contributed by atoms with van der Waals surface area (Å²) >= 11 is 0. The Balaban J connectivity index is 3.25. The third-order valence-electron chi connectivity index (χ3n) is 0.622. The molecule has 0 bridgehead atoms. The van der Waals surface area contributed by atoms with Gasteiger partial charge in [0.15, 0.2) is 0 Å². The van der Waals surface area contributed by atoms with Gasteiger partial charge in [0.2, 0.25) is 0 Å². The molecule has 0 heterocycles. The number of rotatable bonds is 4. The first-order valence-corrected chi connectivity index (χ1v) is 2.69. The van der Waals surface area contributed by atoms with Crippen molar-refractivity contribution >= 4 is 0 Å². The van der Waals surface area contributed by atoms with Crippen molar-refractivity contribution in [3.05, 3.63) is 12.2 Å². The molecule has 0 aliphatic rings. The predicted molar refractivity (Wildman–Crippen MR) is 30.4 cm³/mol.